The van der Waals surface area contributed by atoms with E-state index in [2.05, 4.69) is 43.2 Å². The lowest BCUT2D eigenvalue weighted by molar-refractivity contribution is 0.377. The minimum atomic E-state index is -0.0686. The van der Waals surface area contributed by atoms with Gasteiger partial charge in [-0.1, -0.05) is 31.0 Å². The summed E-state index contributed by atoms with van der Waals surface area (Å²) in [5.41, 5.74) is 7.30. The molecule has 4 nitrogen and oxygen atoms in total. The van der Waals surface area contributed by atoms with E-state index < -0.39 is 0 Å². The highest BCUT2D eigenvalue weighted by Crippen LogP contribution is 2.44. The third kappa shape index (κ3) is 5.26. The second-order valence-corrected chi connectivity index (χ2v) is 7.26. The highest BCUT2D eigenvalue weighted by molar-refractivity contribution is 14.0. The number of nitrogens with zero attached hydrogens (tertiary/aromatic N) is 1. The van der Waals surface area contributed by atoms with E-state index in [9.17, 15) is 0 Å². The third-order valence-corrected chi connectivity index (χ3v) is 4.29. The van der Waals surface area contributed by atoms with Gasteiger partial charge in [0.1, 0.15) is 5.75 Å². The van der Waals surface area contributed by atoms with E-state index in [1.54, 1.807) is 7.11 Å². The van der Waals surface area contributed by atoms with Crippen LogP contribution in [0.2, 0.25) is 0 Å². The summed E-state index contributed by atoms with van der Waals surface area (Å²) in [5.74, 6) is 1.48. The van der Waals surface area contributed by atoms with E-state index in [0.29, 0.717) is 12.5 Å². The maximum absolute atomic E-state index is 6.05. The topological polar surface area (TPSA) is 59.6 Å². The number of hydrogen-bond acceptors (Lipinski definition) is 2. The van der Waals surface area contributed by atoms with Gasteiger partial charge in [-0.3, -0.25) is 4.99 Å². The summed E-state index contributed by atoms with van der Waals surface area (Å²) in [6.45, 7) is 6.96. The van der Waals surface area contributed by atoms with Crippen LogP contribution in [0, 0.1) is 0 Å². The lowest BCUT2D eigenvalue weighted by atomic mass is 9.78. The fraction of sp³-hybridized carbons (Fsp3) is 0.611. The molecular weight excluding hydrogens is 401 g/mol. The van der Waals surface area contributed by atoms with Gasteiger partial charge >= 0.3 is 0 Å². The first kappa shape index (κ1) is 20.1. The standard InChI is InChI=1S/C18H29N3O.HI/c1-17(2,3)21-16(19)20-13-18(11-7-8-12-18)14-9-5-6-10-15(14)22-4;/h5-6,9-10H,7-8,11-13H2,1-4H3,(H3,19,20,21);1H. The van der Waals surface area contributed by atoms with Crippen LogP contribution in [0.4, 0.5) is 0 Å². The first-order chi connectivity index (χ1) is 10.4. The van der Waals surface area contributed by atoms with Crippen molar-refractivity contribution in [2.75, 3.05) is 13.7 Å². The predicted octanol–water partition coefficient (Wildman–Crippen LogP) is 3.83. The lowest BCUT2D eigenvalue weighted by Crippen LogP contribution is -2.45. The van der Waals surface area contributed by atoms with Crippen LogP contribution in [0.15, 0.2) is 29.3 Å². The normalized spacial score (nSPS) is 17.5. The molecule has 0 aromatic heterocycles. The molecule has 0 atom stereocenters. The molecule has 1 aliphatic rings. The number of nitrogens with two attached hydrogens (primary N) is 1. The first-order valence-corrected chi connectivity index (χ1v) is 8.08. The molecule has 2 rings (SSSR count). The smallest absolute Gasteiger partial charge is 0.189 e. The molecule has 0 aliphatic heterocycles. The number of methoxy groups -OCH3 is 1. The number of aliphatic imine (C=N–C) groups is 1. The Kier molecular flexibility index (Phi) is 7.17. The van der Waals surface area contributed by atoms with Gasteiger partial charge in [0.05, 0.1) is 13.7 Å². The quantitative estimate of drug-likeness (QED) is 0.433. The van der Waals surface area contributed by atoms with Gasteiger partial charge in [0, 0.05) is 16.5 Å². The van der Waals surface area contributed by atoms with Crippen LogP contribution in [0.1, 0.15) is 52.0 Å². The Balaban J connectivity index is 0.00000264. The van der Waals surface area contributed by atoms with Crippen LogP contribution in [-0.4, -0.2) is 25.2 Å². The number of nitrogens with one attached hydrogen (secondary N) is 1. The molecule has 1 fully saturated rings. The maximum Gasteiger partial charge on any atom is 0.189 e. The minimum Gasteiger partial charge on any atom is -0.496 e. The average molecular weight is 431 g/mol. The van der Waals surface area contributed by atoms with E-state index in [1.807, 2.05) is 12.1 Å². The van der Waals surface area contributed by atoms with Crippen molar-refractivity contribution >= 4 is 29.9 Å². The molecule has 5 heteroatoms. The van der Waals surface area contributed by atoms with Crippen molar-refractivity contribution in [3.8, 4) is 5.75 Å². The second kappa shape index (κ2) is 8.22. The molecule has 1 aliphatic carbocycles. The summed E-state index contributed by atoms with van der Waals surface area (Å²) < 4.78 is 5.57. The molecule has 0 bridgehead atoms. The molecular formula is C18H30IN3O. The number of rotatable bonds is 4. The Bertz CT molecular complexity index is 531. The van der Waals surface area contributed by atoms with Crippen LogP contribution in [0.5, 0.6) is 5.75 Å². The van der Waals surface area contributed by atoms with Gasteiger partial charge in [-0.2, -0.15) is 0 Å². The van der Waals surface area contributed by atoms with Gasteiger partial charge < -0.3 is 15.8 Å². The molecule has 23 heavy (non-hydrogen) atoms. The first-order valence-electron chi connectivity index (χ1n) is 8.08. The summed E-state index contributed by atoms with van der Waals surface area (Å²) in [7, 11) is 1.74. The Morgan fingerprint density at radius 2 is 1.87 bits per heavy atom. The Labute approximate surface area is 157 Å². The number of guanidine groups is 1. The Morgan fingerprint density at radius 1 is 1.26 bits per heavy atom. The molecule has 0 saturated heterocycles. The fourth-order valence-corrected chi connectivity index (χ4v) is 3.31. The average Bonchev–Trinajstić information content (AvgIpc) is 2.93. The summed E-state index contributed by atoms with van der Waals surface area (Å²) >= 11 is 0. The van der Waals surface area contributed by atoms with Gasteiger partial charge in [-0.25, -0.2) is 0 Å². The summed E-state index contributed by atoms with van der Waals surface area (Å²) in [6.07, 6.45) is 4.75. The molecule has 0 spiro atoms. The summed E-state index contributed by atoms with van der Waals surface area (Å²) in [6, 6.07) is 8.31. The number of para-hydroxylation sites is 1. The van der Waals surface area contributed by atoms with Crippen molar-refractivity contribution in [2.24, 2.45) is 10.7 Å². The Morgan fingerprint density at radius 3 is 2.43 bits per heavy atom. The molecule has 130 valence electrons. The highest BCUT2D eigenvalue weighted by atomic mass is 127. The van der Waals surface area contributed by atoms with Crippen molar-refractivity contribution in [3.05, 3.63) is 29.8 Å². The predicted molar refractivity (Wildman–Crippen MR) is 108 cm³/mol. The van der Waals surface area contributed by atoms with Crippen molar-refractivity contribution in [2.45, 2.75) is 57.4 Å². The van der Waals surface area contributed by atoms with Crippen LogP contribution >= 0.6 is 24.0 Å². The minimum absolute atomic E-state index is 0. The van der Waals surface area contributed by atoms with Crippen molar-refractivity contribution < 1.29 is 4.74 Å². The van der Waals surface area contributed by atoms with E-state index in [0.717, 1.165) is 18.6 Å². The second-order valence-electron chi connectivity index (χ2n) is 7.26. The molecule has 0 heterocycles. The highest BCUT2D eigenvalue weighted by Gasteiger charge is 2.37. The largest absolute Gasteiger partial charge is 0.496 e. The van der Waals surface area contributed by atoms with Gasteiger partial charge in [0.15, 0.2) is 5.96 Å². The van der Waals surface area contributed by atoms with Gasteiger partial charge in [0.2, 0.25) is 0 Å². The molecule has 1 aromatic rings. The monoisotopic (exact) mass is 431 g/mol. The van der Waals surface area contributed by atoms with E-state index in [-0.39, 0.29) is 34.9 Å². The molecule has 0 radical (unpaired) electrons. The zero-order chi connectivity index (χ0) is 16.2. The van der Waals surface area contributed by atoms with Gasteiger partial charge in [0.25, 0.3) is 0 Å². The van der Waals surface area contributed by atoms with E-state index in [1.165, 1.54) is 18.4 Å². The van der Waals surface area contributed by atoms with Gasteiger partial charge in [-0.15, -0.1) is 24.0 Å². The molecule has 1 aromatic carbocycles. The summed E-state index contributed by atoms with van der Waals surface area (Å²) in [4.78, 5) is 4.64. The SMILES string of the molecule is COc1ccccc1C1(CN=C(N)NC(C)(C)C)CCCC1.I. The fourth-order valence-electron chi connectivity index (χ4n) is 3.31. The van der Waals surface area contributed by atoms with Crippen molar-refractivity contribution in [3.63, 3.8) is 0 Å². The number of benzene rings is 1. The van der Waals surface area contributed by atoms with Crippen molar-refractivity contribution in [1.29, 1.82) is 0 Å². The maximum atomic E-state index is 6.05. The van der Waals surface area contributed by atoms with Crippen LogP contribution in [0.3, 0.4) is 0 Å². The Hall–Kier alpha value is -0.980. The van der Waals surface area contributed by atoms with E-state index >= 15 is 0 Å². The summed E-state index contributed by atoms with van der Waals surface area (Å²) in [5, 5.41) is 3.24. The molecule has 1 saturated carbocycles. The lowest BCUT2D eigenvalue weighted by Gasteiger charge is -2.30. The number of halogens is 1. The van der Waals surface area contributed by atoms with Crippen LogP contribution in [0.25, 0.3) is 0 Å². The van der Waals surface area contributed by atoms with Gasteiger partial charge in [-0.05, 0) is 39.7 Å². The number of ether oxygens (including phenoxy) is 1. The molecule has 3 N–H and O–H groups in total. The molecule has 0 amide bonds. The third-order valence-electron chi connectivity index (χ3n) is 4.29. The zero-order valence-corrected chi connectivity index (χ0v) is 17.0. The zero-order valence-electron chi connectivity index (χ0n) is 14.7. The molecule has 0 unspecified atom stereocenters. The van der Waals surface area contributed by atoms with Crippen molar-refractivity contribution in [1.82, 2.24) is 5.32 Å². The van der Waals surface area contributed by atoms with E-state index in [4.69, 9.17) is 10.5 Å². The number of hydrogen-bond donors (Lipinski definition) is 2. The van der Waals surface area contributed by atoms with Crippen LogP contribution in [-0.2, 0) is 5.41 Å². The van der Waals surface area contributed by atoms with Crippen LogP contribution < -0.4 is 15.8 Å².